The van der Waals surface area contributed by atoms with Crippen molar-refractivity contribution >= 4 is 15.9 Å². The van der Waals surface area contributed by atoms with Gasteiger partial charge in [-0.25, -0.2) is 4.39 Å². The lowest BCUT2D eigenvalue weighted by atomic mass is 10.1. The fraction of sp³-hybridized carbons (Fsp3) is 0.250. The molecule has 0 radical (unpaired) electrons. The molecule has 0 fully saturated rings. The molecule has 1 nitrogen and oxygen atoms in total. The highest BCUT2D eigenvalue weighted by Gasteiger charge is 2.09. The summed E-state index contributed by atoms with van der Waals surface area (Å²) in [6.07, 6.45) is 0. The van der Waals surface area contributed by atoms with Crippen LogP contribution in [0.25, 0.3) is 0 Å². The van der Waals surface area contributed by atoms with Crippen molar-refractivity contribution in [2.24, 2.45) is 5.73 Å². The van der Waals surface area contributed by atoms with Crippen LogP contribution in [0.2, 0.25) is 0 Å². The van der Waals surface area contributed by atoms with Crippen LogP contribution in [-0.2, 0) is 0 Å². The van der Waals surface area contributed by atoms with Gasteiger partial charge in [0.05, 0.1) is 0 Å². The number of rotatable bonds is 1. The Balaban J connectivity index is 3.21. The lowest BCUT2D eigenvalue weighted by Crippen LogP contribution is -2.08. The first-order valence-corrected chi connectivity index (χ1v) is 4.11. The lowest BCUT2D eigenvalue weighted by molar-refractivity contribution is 0.592. The Morgan fingerprint density at radius 2 is 2.18 bits per heavy atom. The molecule has 0 bridgehead atoms. The molecule has 1 aromatic carbocycles. The van der Waals surface area contributed by atoms with E-state index in [0.717, 1.165) is 4.47 Å². The second-order valence-electron chi connectivity index (χ2n) is 2.42. The summed E-state index contributed by atoms with van der Waals surface area (Å²) in [6, 6.07) is 4.56. The van der Waals surface area contributed by atoms with Crippen LogP contribution in [0.1, 0.15) is 18.5 Å². The van der Waals surface area contributed by atoms with Crippen LogP contribution < -0.4 is 5.73 Å². The molecule has 60 valence electrons. The van der Waals surface area contributed by atoms with E-state index < -0.39 is 0 Å². The summed E-state index contributed by atoms with van der Waals surface area (Å²) in [5.74, 6) is -0.255. The van der Waals surface area contributed by atoms with Crippen molar-refractivity contribution < 1.29 is 4.39 Å². The zero-order valence-electron chi connectivity index (χ0n) is 6.14. The molecule has 0 aliphatic carbocycles. The Morgan fingerprint density at radius 1 is 1.55 bits per heavy atom. The van der Waals surface area contributed by atoms with Gasteiger partial charge in [0.25, 0.3) is 0 Å². The van der Waals surface area contributed by atoms with Crippen LogP contribution in [0.3, 0.4) is 0 Å². The summed E-state index contributed by atoms with van der Waals surface area (Å²) < 4.78 is 13.7. The minimum Gasteiger partial charge on any atom is -0.324 e. The van der Waals surface area contributed by atoms with Gasteiger partial charge in [0.15, 0.2) is 0 Å². The Labute approximate surface area is 73.5 Å². The molecule has 1 atom stereocenters. The molecular formula is C8H9BrFN. The third-order valence-electron chi connectivity index (χ3n) is 1.46. The van der Waals surface area contributed by atoms with Crippen LogP contribution in [0, 0.1) is 5.82 Å². The number of hydrogen-bond donors (Lipinski definition) is 1. The maximum atomic E-state index is 13.0. The first-order valence-electron chi connectivity index (χ1n) is 3.32. The molecule has 0 aliphatic heterocycles. The molecule has 0 aromatic heterocycles. The van der Waals surface area contributed by atoms with E-state index in [1.165, 1.54) is 6.07 Å². The van der Waals surface area contributed by atoms with E-state index in [1.54, 1.807) is 19.1 Å². The van der Waals surface area contributed by atoms with E-state index in [-0.39, 0.29) is 11.9 Å². The van der Waals surface area contributed by atoms with Crippen molar-refractivity contribution in [3.8, 4) is 0 Å². The van der Waals surface area contributed by atoms with Gasteiger partial charge >= 0.3 is 0 Å². The van der Waals surface area contributed by atoms with E-state index >= 15 is 0 Å². The highest BCUT2D eigenvalue weighted by Crippen LogP contribution is 2.24. The molecule has 0 unspecified atom stereocenters. The number of nitrogens with two attached hydrogens (primary N) is 1. The molecule has 2 N–H and O–H groups in total. The highest BCUT2D eigenvalue weighted by atomic mass is 79.9. The lowest BCUT2D eigenvalue weighted by Gasteiger charge is -2.08. The monoisotopic (exact) mass is 217 g/mol. The molecule has 0 amide bonds. The molecule has 0 saturated carbocycles. The third-order valence-corrected chi connectivity index (χ3v) is 2.15. The Kier molecular flexibility index (Phi) is 2.62. The maximum Gasteiger partial charge on any atom is 0.129 e. The van der Waals surface area contributed by atoms with Crippen molar-refractivity contribution in [3.63, 3.8) is 0 Å². The summed E-state index contributed by atoms with van der Waals surface area (Å²) >= 11 is 3.23. The molecule has 0 saturated heterocycles. The third kappa shape index (κ3) is 1.79. The fourth-order valence-corrected chi connectivity index (χ4v) is 1.65. The Morgan fingerprint density at radius 3 is 2.55 bits per heavy atom. The average Bonchev–Trinajstić information content (AvgIpc) is 1.85. The molecule has 11 heavy (non-hydrogen) atoms. The predicted molar refractivity (Wildman–Crippen MR) is 46.7 cm³/mol. The van der Waals surface area contributed by atoms with Gasteiger partial charge in [-0.3, -0.25) is 0 Å². The zero-order valence-corrected chi connectivity index (χ0v) is 7.73. The minimum atomic E-state index is -0.273. The van der Waals surface area contributed by atoms with Gasteiger partial charge in [-0.15, -0.1) is 0 Å². The fourth-order valence-electron chi connectivity index (χ4n) is 0.946. The van der Waals surface area contributed by atoms with Crippen LogP contribution in [0.4, 0.5) is 4.39 Å². The zero-order chi connectivity index (χ0) is 8.43. The average molecular weight is 218 g/mol. The number of halogens is 2. The maximum absolute atomic E-state index is 13.0. The summed E-state index contributed by atoms with van der Waals surface area (Å²) in [6.45, 7) is 1.75. The first kappa shape index (κ1) is 8.68. The van der Waals surface area contributed by atoms with Crippen molar-refractivity contribution in [2.75, 3.05) is 0 Å². The van der Waals surface area contributed by atoms with Gasteiger partial charge < -0.3 is 5.73 Å². The van der Waals surface area contributed by atoms with Gasteiger partial charge in [-0.1, -0.05) is 22.0 Å². The van der Waals surface area contributed by atoms with Crippen LogP contribution in [0.15, 0.2) is 22.7 Å². The van der Waals surface area contributed by atoms with E-state index in [9.17, 15) is 4.39 Å². The van der Waals surface area contributed by atoms with E-state index in [0.29, 0.717) is 5.56 Å². The largest absolute Gasteiger partial charge is 0.324 e. The minimum absolute atomic E-state index is 0.255. The quantitative estimate of drug-likeness (QED) is 0.770. The smallest absolute Gasteiger partial charge is 0.129 e. The van der Waals surface area contributed by atoms with Gasteiger partial charge in [0.2, 0.25) is 0 Å². The van der Waals surface area contributed by atoms with Gasteiger partial charge in [0, 0.05) is 16.1 Å². The normalized spacial score (nSPS) is 13.1. The van der Waals surface area contributed by atoms with Crippen molar-refractivity contribution in [1.29, 1.82) is 0 Å². The molecule has 0 spiro atoms. The predicted octanol–water partition coefficient (Wildman–Crippen LogP) is 2.61. The van der Waals surface area contributed by atoms with E-state index in [1.807, 2.05) is 0 Å². The van der Waals surface area contributed by atoms with E-state index in [2.05, 4.69) is 15.9 Å². The highest BCUT2D eigenvalue weighted by molar-refractivity contribution is 9.10. The Bertz CT molecular complexity index is 240. The Hall–Kier alpha value is -0.410. The second-order valence-corrected chi connectivity index (χ2v) is 3.28. The molecule has 1 rings (SSSR count). The second kappa shape index (κ2) is 3.32. The summed E-state index contributed by atoms with van der Waals surface area (Å²) in [5, 5.41) is 0. The van der Waals surface area contributed by atoms with Crippen molar-refractivity contribution in [1.82, 2.24) is 0 Å². The van der Waals surface area contributed by atoms with Crippen LogP contribution in [0.5, 0.6) is 0 Å². The van der Waals surface area contributed by atoms with Gasteiger partial charge in [-0.2, -0.15) is 0 Å². The van der Waals surface area contributed by atoms with E-state index in [4.69, 9.17) is 5.73 Å². The van der Waals surface area contributed by atoms with Crippen molar-refractivity contribution in [3.05, 3.63) is 34.1 Å². The van der Waals surface area contributed by atoms with Gasteiger partial charge in [-0.05, 0) is 19.1 Å². The topological polar surface area (TPSA) is 26.0 Å². The standard InChI is InChI=1S/C8H9BrFN/c1-5(11)8-6(9)3-2-4-7(8)10/h2-5H,11H2,1H3/t5-/m1/s1. The molecule has 1 aromatic rings. The summed E-state index contributed by atoms with van der Waals surface area (Å²) in [5.41, 5.74) is 6.08. The molecule has 0 aliphatic rings. The summed E-state index contributed by atoms with van der Waals surface area (Å²) in [4.78, 5) is 0. The number of hydrogen-bond acceptors (Lipinski definition) is 1. The first-order chi connectivity index (χ1) is 5.13. The van der Waals surface area contributed by atoms with Crippen LogP contribution in [-0.4, -0.2) is 0 Å². The molecule has 0 heterocycles. The van der Waals surface area contributed by atoms with Crippen LogP contribution >= 0.6 is 15.9 Å². The SMILES string of the molecule is C[C@@H](N)c1c(F)cccc1Br. The van der Waals surface area contributed by atoms with Crippen molar-refractivity contribution in [2.45, 2.75) is 13.0 Å². The number of benzene rings is 1. The summed E-state index contributed by atoms with van der Waals surface area (Å²) in [7, 11) is 0. The van der Waals surface area contributed by atoms with Gasteiger partial charge in [0.1, 0.15) is 5.82 Å². The molecular weight excluding hydrogens is 209 g/mol. The molecule has 3 heteroatoms.